The van der Waals surface area contributed by atoms with Gasteiger partial charge in [-0.3, -0.25) is 19.7 Å². The van der Waals surface area contributed by atoms with Crippen molar-refractivity contribution < 1.29 is 24.0 Å². The van der Waals surface area contributed by atoms with Gasteiger partial charge >= 0.3 is 5.72 Å². The summed E-state index contributed by atoms with van der Waals surface area (Å²) >= 11 is 0. The zero-order valence-corrected chi connectivity index (χ0v) is 15.3. The third kappa shape index (κ3) is 5.82. The molecule has 0 saturated carbocycles. The Kier molecular flexibility index (Phi) is 6.26. The van der Waals surface area contributed by atoms with E-state index in [9.17, 15) is 19.7 Å². The van der Waals surface area contributed by atoms with Crippen LogP contribution in [0.15, 0.2) is 24.3 Å². The smallest absolute Gasteiger partial charge is 0.319 e. The van der Waals surface area contributed by atoms with E-state index >= 15 is 0 Å². The second-order valence-corrected chi connectivity index (χ2v) is 6.65. The van der Waals surface area contributed by atoms with Crippen molar-refractivity contribution in [2.24, 2.45) is 0 Å². The maximum Gasteiger partial charge on any atom is 0.319 e. The molecule has 1 unspecified atom stereocenters. The van der Waals surface area contributed by atoms with Crippen LogP contribution in [0.3, 0.4) is 0 Å². The van der Waals surface area contributed by atoms with Gasteiger partial charge in [0.15, 0.2) is 5.60 Å². The maximum absolute atomic E-state index is 12.6. The van der Waals surface area contributed by atoms with Gasteiger partial charge in [0.05, 0.1) is 4.92 Å². The first kappa shape index (κ1) is 20.6. The van der Waals surface area contributed by atoms with Crippen LogP contribution in [-0.4, -0.2) is 34.0 Å². The number of ketones is 1. The molecule has 0 aliphatic heterocycles. The maximum atomic E-state index is 12.6. The van der Waals surface area contributed by atoms with Crippen LogP contribution in [0, 0.1) is 10.1 Å². The lowest BCUT2D eigenvalue weighted by molar-refractivity contribution is -0.621. The molecule has 0 spiro atoms. The van der Waals surface area contributed by atoms with Crippen molar-refractivity contribution in [3.63, 3.8) is 0 Å². The zero-order valence-electron chi connectivity index (χ0n) is 15.3. The first-order valence-corrected chi connectivity index (χ1v) is 7.78. The number of carbonyl (C=O) groups excluding carboxylic acids is 2. The third-order valence-electron chi connectivity index (χ3n) is 3.42. The predicted molar refractivity (Wildman–Crippen MR) is 92.1 cm³/mol. The molecule has 1 aromatic rings. The molecule has 0 aliphatic carbocycles. The van der Waals surface area contributed by atoms with Gasteiger partial charge in [0.2, 0.25) is 11.7 Å². The van der Waals surface area contributed by atoms with Crippen molar-refractivity contribution in [1.29, 1.82) is 0 Å². The molecule has 1 N–H and O–H groups in total. The largest absolute Gasteiger partial charge is 0.480 e. The fraction of sp³-hybridized carbons (Fsp3) is 0.529. The summed E-state index contributed by atoms with van der Waals surface area (Å²) in [5, 5.41) is 13.6. The van der Waals surface area contributed by atoms with Gasteiger partial charge < -0.3 is 14.8 Å². The molecule has 0 aliphatic rings. The second-order valence-electron chi connectivity index (χ2n) is 6.65. The summed E-state index contributed by atoms with van der Waals surface area (Å²) in [6, 6.07) is 6.53. The van der Waals surface area contributed by atoms with E-state index in [0.29, 0.717) is 11.4 Å². The van der Waals surface area contributed by atoms with Crippen molar-refractivity contribution in [3.05, 3.63) is 34.4 Å². The summed E-state index contributed by atoms with van der Waals surface area (Å²) in [5.41, 5.74) is -2.32. The van der Waals surface area contributed by atoms with Crippen molar-refractivity contribution in [1.82, 2.24) is 0 Å². The van der Waals surface area contributed by atoms with Gasteiger partial charge in [0.1, 0.15) is 11.9 Å². The molecule has 8 nitrogen and oxygen atoms in total. The Morgan fingerprint density at radius 2 is 1.68 bits per heavy atom. The fourth-order valence-electron chi connectivity index (χ4n) is 2.17. The number of nitrogens with zero attached hydrogens (tertiary/aromatic N) is 1. The Morgan fingerprint density at radius 3 is 2.12 bits per heavy atom. The summed E-state index contributed by atoms with van der Waals surface area (Å²) < 4.78 is 11.0. The number of nitro groups is 1. The van der Waals surface area contributed by atoms with Crippen LogP contribution in [0.25, 0.3) is 0 Å². The number of carbonyl (C=O) groups is 2. The number of Topliss-reactive ketones (excluding diaryl/α,β-unsaturated/α-hetero) is 1. The molecule has 0 fully saturated rings. The minimum Gasteiger partial charge on any atom is -0.480 e. The van der Waals surface area contributed by atoms with E-state index in [-0.39, 0.29) is 5.91 Å². The number of hydrogen-bond acceptors (Lipinski definition) is 6. The standard InChI is InChI=1S/C17H24N2O6/c1-11(24-17(5,6)19(22)23)15(21)16(3,4)25-14-9-7-13(8-10-14)18-12(2)20/h7-11H,1-6H3,(H,18,20). The number of ether oxygens (including phenoxy) is 2. The summed E-state index contributed by atoms with van der Waals surface area (Å²) in [6.07, 6.45) is -1.02. The second kappa shape index (κ2) is 7.60. The van der Waals surface area contributed by atoms with Crippen molar-refractivity contribution >= 4 is 17.4 Å². The molecular weight excluding hydrogens is 328 g/mol. The Bertz CT molecular complexity index is 652. The van der Waals surface area contributed by atoms with Crippen LogP contribution in [-0.2, 0) is 14.3 Å². The molecule has 0 aromatic heterocycles. The van der Waals surface area contributed by atoms with E-state index in [1.807, 2.05) is 0 Å². The van der Waals surface area contributed by atoms with Gasteiger partial charge in [-0.25, -0.2) is 0 Å². The molecule has 138 valence electrons. The highest BCUT2D eigenvalue weighted by Crippen LogP contribution is 2.24. The van der Waals surface area contributed by atoms with E-state index < -0.39 is 28.1 Å². The van der Waals surface area contributed by atoms with Crippen molar-refractivity contribution in [3.8, 4) is 5.75 Å². The molecule has 25 heavy (non-hydrogen) atoms. The first-order valence-electron chi connectivity index (χ1n) is 7.78. The average molecular weight is 352 g/mol. The Morgan fingerprint density at radius 1 is 1.16 bits per heavy atom. The van der Waals surface area contributed by atoms with Crippen LogP contribution in [0.1, 0.15) is 41.5 Å². The molecule has 1 rings (SSSR count). The van der Waals surface area contributed by atoms with Crippen LogP contribution in [0.4, 0.5) is 5.69 Å². The average Bonchev–Trinajstić information content (AvgIpc) is 2.47. The lowest BCUT2D eigenvalue weighted by Gasteiger charge is -2.29. The SMILES string of the molecule is CC(=O)Nc1ccc(OC(C)(C)C(=O)C(C)OC(C)(C)[N+](=O)[O-])cc1. The summed E-state index contributed by atoms with van der Waals surface area (Å²) in [6.45, 7) is 8.56. The van der Waals surface area contributed by atoms with E-state index in [4.69, 9.17) is 9.47 Å². The monoisotopic (exact) mass is 352 g/mol. The van der Waals surface area contributed by atoms with Crippen LogP contribution in [0.5, 0.6) is 5.75 Å². The molecule has 0 bridgehead atoms. The third-order valence-corrected chi connectivity index (χ3v) is 3.42. The number of amides is 1. The number of nitrogens with one attached hydrogen (secondary N) is 1. The quantitative estimate of drug-likeness (QED) is 0.438. The molecule has 0 saturated heterocycles. The summed E-state index contributed by atoms with van der Waals surface area (Å²) in [4.78, 5) is 33.9. The fourth-order valence-corrected chi connectivity index (χ4v) is 2.17. The minimum absolute atomic E-state index is 0.191. The van der Waals surface area contributed by atoms with E-state index in [0.717, 1.165) is 0 Å². The molecule has 1 amide bonds. The highest BCUT2D eigenvalue weighted by Gasteiger charge is 2.41. The molecule has 8 heteroatoms. The summed E-state index contributed by atoms with van der Waals surface area (Å²) in [7, 11) is 0. The van der Waals surface area contributed by atoms with Crippen LogP contribution < -0.4 is 10.1 Å². The predicted octanol–water partition coefficient (Wildman–Crippen LogP) is 2.79. The van der Waals surface area contributed by atoms with Gasteiger partial charge in [0.25, 0.3) is 0 Å². The molecule has 1 aromatic carbocycles. The minimum atomic E-state index is -1.68. The molecule has 0 heterocycles. The van der Waals surface area contributed by atoms with E-state index in [2.05, 4.69) is 5.32 Å². The zero-order chi connectivity index (χ0) is 19.4. The number of rotatable bonds is 8. The number of hydrogen-bond donors (Lipinski definition) is 1. The van der Waals surface area contributed by atoms with Gasteiger partial charge in [-0.2, -0.15) is 0 Å². The Labute approximate surface area is 146 Å². The van der Waals surface area contributed by atoms with Gasteiger partial charge in [-0.1, -0.05) is 0 Å². The Hall–Kier alpha value is -2.48. The van der Waals surface area contributed by atoms with Gasteiger partial charge in [0, 0.05) is 26.5 Å². The van der Waals surface area contributed by atoms with Gasteiger partial charge in [-0.05, 0) is 45.0 Å². The van der Waals surface area contributed by atoms with E-state index in [1.165, 1.54) is 27.7 Å². The highest BCUT2D eigenvalue weighted by atomic mass is 16.7. The number of benzene rings is 1. The topological polar surface area (TPSA) is 108 Å². The lowest BCUT2D eigenvalue weighted by atomic mass is 9.99. The molecule has 1 atom stereocenters. The normalized spacial score (nSPS) is 13.0. The van der Waals surface area contributed by atoms with Crippen molar-refractivity contribution in [2.75, 3.05) is 5.32 Å². The number of anilines is 1. The molecule has 0 radical (unpaired) electrons. The van der Waals surface area contributed by atoms with E-state index in [1.54, 1.807) is 38.1 Å². The van der Waals surface area contributed by atoms with Crippen molar-refractivity contribution in [2.45, 2.75) is 59.0 Å². The Balaban J connectivity index is 2.80. The first-order chi connectivity index (χ1) is 11.3. The van der Waals surface area contributed by atoms with Crippen LogP contribution in [0.2, 0.25) is 0 Å². The van der Waals surface area contributed by atoms with Crippen LogP contribution >= 0.6 is 0 Å². The highest BCUT2D eigenvalue weighted by molar-refractivity contribution is 5.90. The lowest BCUT2D eigenvalue weighted by Crippen LogP contribution is -2.48. The van der Waals surface area contributed by atoms with Gasteiger partial charge in [-0.15, -0.1) is 0 Å². The molecular formula is C17H24N2O6. The summed E-state index contributed by atoms with van der Waals surface area (Å²) in [5.74, 6) is -0.190.